The Bertz CT molecular complexity index is 1220. The molecule has 1 saturated carbocycles. The monoisotopic (exact) mass is 417 g/mol. The average Bonchev–Trinajstić information content (AvgIpc) is 3.38. The summed E-state index contributed by atoms with van der Waals surface area (Å²) in [6, 6.07) is 3.96. The van der Waals surface area contributed by atoms with Crippen molar-refractivity contribution in [3.63, 3.8) is 0 Å². The van der Waals surface area contributed by atoms with Gasteiger partial charge in [-0.25, -0.2) is 9.97 Å². The molecule has 11 nitrogen and oxygen atoms in total. The van der Waals surface area contributed by atoms with E-state index in [4.69, 9.17) is 16.0 Å². The Labute approximate surface area is 176 Å². The van der Waals surface area contributed by atoms with E-state index in [0.29, 0.717) is 17.3 Å². The Hall–Kier alpha value is -4.15. The van der Waals surface area contributed by atoms with Gasteiger partial charge in [0.1, 0.15) is 6.54 Å². The minimum atomic E-state index is -0.476. The van der Waals surface area contributed by atoms with Gasteiger partial charge in [-0.3, -0.25) is 14.5 Å². The first-order valence-electron chi connectivity index (χ1n) is 9.73. The highest BCUT2D eigenvalue weighted by Gasteiger charge is 2.45. The van der Waals surface area contributed by atoms with Crippen LogP contribution >= 0.6 is 0 Å². The Morgan fingerprint density at radius 2 is 1.90 bits per heavy atom. The zero-order valence-corrected chi connectivity index (χ0v) is 16.5. The Morgan fingerprint density at radius 1 is 1.10 bits per heavy atom. The summed E-state index contributed by atoms with van der Waals surface area (Å²) in [6.45, 7) is -0.0119. The van der Waals surface area contributed by atoms with Crippen LogP contribution in [0.4, 0.5) is 5.95 Å². The van der Waals surface area contributed by atoms with E-state index in [1.807, 2.05) is 18.3 Å². The normalized spacial score (nSPS) is 14.8. The van der Waals surface area contributed by atoms with Crippen molar-refractivity contribution >= 4 is 11.9 Å². The van der Waals surface area contributed by atoms with E-state index in [0.717, 1.165) is 36.1 Å². The van der Waals surface area contributed by atoms with E-state index < -0.39 is 5.91 Å². The lowest BCUT2D eigenvalue weighted by molar-refractivity contribution is -0.118. The molecule has 31 heavy (non-hydrogen) atoms. The maximum Gasteiger partial charge on any atom is 0.261 e. The Kier molecular flexibility index (Phi) is 4.42. The fourth-order valence-corrected chi connectivity index (χ4v) is 3.74. The third-order valence-corrected chi connectivity index (χ3v) is 5.54. The lowest BCUT2D eigenvalue weighted by Crippen LogP contribution is -2.36. The zero-order valence-electron chi connectivity index (χ0n) is 16.5. The van der Waals surface area contributed by atoms with Crippen molar-refractivity contribution < 1.29 is 9.32 Å². The largest absolute Gasteiger partial charge is 0.368 e. The first kappa shape index (κ1) is 18.9. The molecule has 0 radical (unpaired) electrons. The average molecular weight is 417 g/mol. The van der Waals surface area contributed by atoms with E-state index in [-0.39, 0.29) is 17.9 Å². The van der Waals surface area contributed by atoms with Crippen molar-refractivity contribution in [2.75, 3.05) is 5.73 Å². The maximum absolute atomic E-state index is 11.1. The van der Waals surface area contributed by atoms with Gasteiger partial charge in [-0.05, 0) is 24.5 Å². The summed E-state index contributed by atoms with van der Waals surface area (Å²) >= 11 is 0. The van der Waals surface area contributed by atoms with E-state index in [1.165, 1.54) is 4.68 Å². The molecule has 156 valence electrons. The molecule has 1 fully saturated rings. The molecule has 4 aromatic rings. The lowest BCUT2D eigenvalue weighted by atomic mass is 9.64. The van der Waals surface area contributed by atoms with E-state index in [1.54, 1.807) is 24.8 Å². The van der Waals surface area contributed by atoms with Gasteiger partial charge in [0.2, 0.25) is 11.9 Å². The van der Waals surface area contributed by atoms with Crippen LogP contribution in [0.25, 0.3) is 22.7 Å². The van der Waals surface area contributed by atoms with Crippen LogP contribution < -0.4 is 11.5 Å². The standard InChI is InChI=1S/C20H19N9O2/c21-16(30)11-29-10-13(8-26-29)17-27-18(28-31-17)20(4-1-5-20)14-2-3-15(23-9-14)12-6-24-19(22)25-7-12/h2-3,6-10H,1,4-5,11H2,(H2,21,30)(H2,22,24,25). The molecule has 4 heterocycles. The first-order valence-corrected chi connectivity index (χ1v) is 9.73. The number of nitrogens with two attached hydrogens (primary N) is 2. The predicted octanol–water partition coefficient (Wildman–Crippen LogP) is 1.32. The molecule has 4 aromatic heterocycles. The number of nitrogens with zero attached hydrogens (tertiary/aromatic N) is 7. The molecule has 1 aliphatic rings. The number of carbonyl (C=O) groups is 1. The highest BCUT2D eigenvalue weighted by Crippen LogP contribution is 2.48. The molecule has 5 rings (SSSR count). The molecule has 0 bridgehead atoms. The van der Waals surface area contributed by atoms with E-state index in [9.17, 15) is 4.79 Å². The molecular formula is C20H19N9O2. The third-order valence-electron chi connectivity index (χ3n) is 5.54. The topological polar surface area (TPSA) is 165 Å². The summed E-state index contributed by atoms with van der Waals surface area (Å²) < 4.78 is 6.93. The van der Waals surface area contributed by atoms with Crippen LogP contribution in [0.5, 0.6) is 0 Å². The lowest BCUT2D eigenvalue weighted by Gasteiger charge is -2.39. The summed E-state index contributed by atoms with van der Waals surface area (Å²) in [5.41, 5.74) is 13.6. The van der Waals surface area contributed by atoms with Crippen LogP contribution in [0, 0.1) is 0 Å². The predicted molar refractivity (Wildman–Crippen MR) is 109 cm³/mol. The van der Waals surface area contributed by atoms with Crippen LogP contribution in [0.15, 0.2) is 47.6 Å². The molecular weight excluding hydrogens is 398 g/mol. The number of hydrogen-bond donors (Lipinski definition) is 2. The van der Waals surface area contributed by atoms with Gasteiger partial charge in [-0.15, -0.1) is 0 Å². The number of rotatable bonds is 6. The summed E-state index contributed by atoms with van der Waals surface area (Å²) in [4.78, 5) is 28.3. The number of anilines is 1. The molecule has 1 aliphatic carbocycles. The van der Waals surface area contributed by atoms with Crippen molar-refractivity contribution in [2.24, 2.45) is 5.73 Å². The minimum absolute atomic E-state index is 0.0119. The van der Waals surface area contributed by atoms with Gasteiger partial charge in [0, 0.05) is 30.4 Å². The smallest absolute Gasteiger partial charge is 0.261 e. The van der Waals surface area contributed by atoms with Gasteiger partial charge in [0.25, 0.3) is 5.89 Å². The van der Waals surface area contributed by atoms with Gasteiger partial charge in [0.15, 0.2) is 5.82 Å². The first-order chi connectivity index (χ1) is 15.0. The van der Waals surface area contributed by atoms with Gasteiger partial charge >= 0.3 is 0 Å². The molecule has 0 atom stereocenters. The van der Waals surface area contributed by atoms with Crippen LogP contribution in [-0.4, -0.2) is 40.8 Å². The fourth-order valence-electron chi connectivity index (χ4n) is 3.74. The molecule has 11 heteroatoms. The quantitative estimate of drug-likeness (QED) is 0.470. The molecule has 4 N–H and O–H groups in total. The van der Waals surface area contributed by atoms with E-state index >= 15 is 0 Å². The SMILES string of the molecule is NC(=O)Cn1cc(-c2nc(C3(c4ccc(-c5cnc(N)nc5)nc4)CCC3)no2)cn1. The maximum atomic E-state index is 11.1. The number of pyridine rings is 1. The zero-order chi connectivity index (χ0) is 21.4. The molecule has 0 spiro atoms. The summed E-state index contributed by atoms with van der Waals surface area (Å²) in [5.74, 6) is 0.708. The van der Waals surface area contributed by atoms with Crippen molar-refractivity contribution in [1.82, 2.24) is 34.9 Å². The Morgan fingerprint density at radius 3 is 2.55 bits per heavy atom. The van der Waals surface area contributed by atoms with Crippen molar-refractivity contribution in [1.29, 1.82) is 0 Å². The minimum Gasteiger partial charge on any atom is -0.368 e. The van der Waals surface area contributed by atoms with Gasteiger partial charge in [0.05, 0.1) is 22.9 Å². The van der Waals surface area contributed by atoms with E-state index in [2.05, 4.69) is 30.2 Å². The Balaban J connectivity index is 1.42. The van der Waals surface area contributed by atoms with Gasteiger partial charge < -0.3 is 16.0 Å². The van der Waals surface area contributed by atoms with Crippen LogP contribution in [0.3, 0.4) is 0 Å². The fraction of sp³-hybridized carbons (Fsp3) is 0.250. The van der Waals surface area contributed by atoms with Gasteiger partial charge in [-0.2, -0.15) is 10.1 Å². The second-order valence-corrected chi connectivity index (χ2v) is 7.51. The van der Waals surface area contributed by atoms with Crippen LogP contribution in [-0.2, 0) is 16.8 Å². The molecule has 0 aromatic carbocycles. The van der Waals surface area contributed by atoms with Crippen LogP contribution in [0.2, 0.25) is 0 Å². The molecule has 0 unspecified atom stereocenters. The second kappa shape index (κ2) is 7.27. The highest BCUT2D eigenvalue weighted by molar-refractivity contribution is 5.73. The summed E-state index contributed by atoms with van der Waals surface area (Å²) in [6.07, 6.45) is 11.2. The third kappa shape index (κ3) is 3.39. The van der Waals surface area contributed by atoms with Crippen molar-refractivity contribution in [3.05, 3.63) is 54.5 Å². The van der Waals surface area contributed by atoms with Crippen LogP contribution in [0.1, 0.15) is 30.7 Å². The number of carbonyl (C=O) groups excluding carboxylic acids is 1. The number of primary amides is 1. The molecule has 1 amide bonds. The molecule has 0 saturated heterocycles. The number of aromatic nitrogens is 7. The second-order valence-electron chi connectivity index (χ2n) is 7.51. The summed E-state index contributed by atoms with van der Waals surface area (Å²) in [5, 5.41) is 8.35. The van der Waals surface area contributed by atoms with Crippen molar-refractivity contribution in [3.8, 4) is 22.7 Å². The number of amides is 1. The number of nitrogen functional groups attached to an aromatic ring is 1. The number of hydrogen-bond acceptors (Lipinski definition) is 9. The van der Waals surface area contributed by atoms with Gasteiger partial charge in [-0.1, -0.05) is 17.6 Å². The molecule has 0 aliphatic heterocycles. The summed E-state index contributed by atoms with van der Waals surface area (Å²) in [7, 11) is 0. The highest BCUT2D eigenvalue weighted by atomic mass is 16.5. The van der Waals surface area contributed by atoms with Crippen molar-refractivity contribution in [2.45, 2.75) is 31.2 Å².